The molecule has 0 atom stereocenters. The highest BCUT2D eigenvalue weighted by Crippen LogP contribution is 2.30. The van der Waals surface area contributed by atoms with E-state index in [1.807, 2.05) is 19.4 Å². The van der Waals surface area contributed by atoms with Crippen molar-refractivity contribution in [3.05, 3.63) is 30.1 Å². The molecule has 0 saturated heterocycles. The SMILES string of the molecule is CCC(CC)(CNC)c1ccncc1. The monoisotopic (exact) mass is 192 g/mol. The molecule has 0 aliphatic heterocycles. The van der Waals surface area contributed by atoms with Gasteiger partial charge in [-0.3, -0.25) is 4.98 Å². The predicted molar refractivity (Wildman–Crippen MR) is 60.4 cm³/mol. The van der Waals surface area contributed by atoms with Crippen LogP contribution < -0.4 is 5.32 Å². The summed E-state index contributed by atoms with van der Waals surface area (Å²) < 4.78 is 0. The average molecular weight is 192 g/mol. The van der Waals surface area contributed by atoms with Crippen molar-refractivity contribution in [2.45, 2.75) is 32.1 Å². The molecule has 0 saturated carbocycles. The van der Waals surface area contributed by atoms with E-state index in [0.29, 0.717) is 0 Å². The second kappa shape index (κ2) is 5.11. The molecule has 0 aliphatic carbocycles. The topological polar surface area (TPSA) is 24.9 Å². The molecule has 1 aromatic rings. The van der Waals surface area contributed by atoms with Gasteiger partial charge in [-0.15, -0.1) is 0 Å². The van der Waals surface area contributed by atoms with E-state index in [1.54, 1.807) is 0 Å². The summed E-state index contributed by atoms with van der Waals surface area (Å²) in [5.41, 5.74) is 1.67. The van der Waals surface area contributed by atoms with Crippen LogP contribution in [0.3, 0.4) is 0 Å². The number of rotatable bonds is 5. The molecule has 0 radical (unpaired) electrons. The van der Waals surface area contributed by atoms with Gasteiger partial charge in [0, 0.05) is 24.4 Å². The summed E-state index contributed by atoms with van der Waals surface area (Å²) >= 11 is 0. The lowest BCUT2D eigenvalue weighted by Crippen LogP contribution is -2.35. The van der Waals surface area contributed by atoms with Crippen LogP contribution in [0, 0.1) is 0 Å². The Bertz CT molecular complexity index is 252. The predicted octanol–water partition coefficient (Wildman–Crippen LogP) is 2.36. The quantitative estimate of drug-likeness (QED) is 0.774. The van der Waals surface area contributed by atoms with Crippen molar-refractivity contribution in [3.8, 4) is 0 Å². The third-order valence-corrected chi connectivity index (χ3v) is 3.16. The maximum absolute atomic E-state index is 4.07. The summed E-state index contributed by atoms with van der Waals surface area (Å²) in [5, 5.41) is 3.29. The molecule has 0 bridgehead atoms. The smallest absolute Gasteiger partial charge is 0.0270 e. The largest absolute Gasteiger partial charge is 0.319 e. The molecule has 0 fully saturated rings. The van der Waals surface area contributed by atoms with E-state index in [4.69, 9.17) is 0 Å². The van der Waals surface area contributed by atoms with E-state index in [1.165, 1.54) is 5.56 Å². The van der Waals surface area contributed by atoms with Gasteiger partial charge in [-0.2, -0.15) is 0 Å². The second-order valence-corrected chi connectivity index (χ2v) is 3.75. The minimum Gasteiger partial charge on any atom is -0.319 e. The third kappa shape index (κ3) is 2.13. The average Bonchev–Trinajstić information content (AvgIpc) is 2.27. The fourth-order valence-electron chi connectivity index (χ4n) is 2.05. The lowest BCUT2D eigenvalue weighted by Gasteiger charge is -2.32. The molecule has 1 heterocycles. The summed E-state index contributed by atoms with van der Waals surface area (Å²) in [4.78, 5) is 4.07. The van der Waals surface area contributed by atoms with Crippen LogP contribution in [-0.4, -0.2) is 18.6 Å². The highest BCUT2D eigenvalue weighted by molar-refractivity contribution is 5.23. The van der Waals surface area contributed by atoms with Crippen molar-refractivity contribution in [2.75, 3.05) is 13.6 Å². The third-order valence-electron chi connectivity index (χ3n) is 3.16. The Morgan fingerprint density at radius 3 is 2.21 bits per heavy atom. The molecule has 0 amide bonds. The molecule has 78 valence electrons. The van der Waals surface area contributed by atoms with Gasteiger partial charge < -0.3 is 5.32 Å². The van der Waals surface area contributed by atoms with Crippen molar-refractivity contribution < 1.29 is 0 Å². The van der Waals surface area contributed by atoms with Gasteiger partial charge in [0.15, 0.2) is 0 Å². The maximum atomic E-state index is 4.07. The first kappa shape index (κ1) is 11.2. The Morgan fingerprint density at radius 2 is 1.79 bits per heavy atom. The van der Waals surface area contributed by atoms with Gasteiger partial charge in [-0.05, 0) is 37.6 Å². The highest BCUT2D eigenvalue weighted by Gasteiger charge is 2.27. The molecule has 1 N–H and O–H groups in total. The number of nitrogens with one attached hydrogen (secondary N) is 1. The molecular weight excluding hydrogens is 172 g/mol. The zero-order chi connectivity index (χ0) is 10.4. The molecule has 1 rings (SSSR count). The molecule has 0 aromatic carbocycles. The zero-order valence-electron chi connectivity index (χ0n) is 9.38. The van der Waals surface area contributed by atoms with Gasteiger partial charge in [0.05, 0.1) is 0 Å². The molecule has 0 aliphatic rings. The van der Waals surface area contributed by atoms with Crippen molar-refractivity contribution in [2.24, 2.45) is 0 Å². The summed E-state index contributed by atoms with van der Waals surface area (Å²) in [7, 11) is 2.02. The van der Waals surface area contributed by atoms with Crippen LogP contribution in [0.25, 0.3) is 0 Å². The van der Waals surface area contributed by atoms with E-state index < -0.39 is 0 Å². The van der Waals surface area contributed by atoms with Crippen LogP contribution in [0.15, 0.2) is 24.5 Å². The van der Waals surface area contributed by atoms with E-state index in [2.05, 4.69) is 36.3 Å². The standard InChI is InChI=1S/C12H20N2/c1-4-12(5-2,10-13-3)11-6-8-14-9-7-11/h6-9,13H,4-5,10H2,1-3H3. The Labute approximate surface area is 86.8 Å². The minimum absolute atomic E-state index is 0.275. The number of aromatic nitrogens is 1. The van der Waals surface area contributed by atoms with Gasteiger partial charge in [0.1, 0.15) is 0 Å². The second-order valence-electron chi connectivity index (χ2n) is 3.75. The first-order valence-electron chi connectivity index (χ1n) is 5.34. The van der Waals surface area contributed by atoms with Crippen LogP contribution in [0.2, 0.25) is 0 Å². The molecular formula is C12H20N2. The molecule has 0 unspecified atom stereocenters. The Balaban J connectivity index is 2.98. The van der Waals surface area contributed by atoms with Crippen LogP contribution in [-0.2, 0) is 5.41 Å². The molecule has 0 spiro atoms. The molecule has 1 aromatic heterocycles. The number of pyridine rings is 1. The van der Waals surface area contributed by atoms with E-state index >= 15 is 0 Å². The maximum Gasteiger partial charge on any atom is 0.0270 e. The first-order chi connectivity index (χ1) is 6.79. The fourth-order valence-corrected chi connectivity index (χ4v) is 2.05. The fraction of sp³-hybridized carbons (Fsp3) is 0.583. The highest BCUT2D eigenvalue weighted by atomic mass is 14.8. The number of hydrogen-bond donors (Lipinski definition) is 1. The Hall–Kier alpha value is -0.890. The van der Waals surface area contributed by atoms with Crippen molar-refractivity contribution in [1.82, 2.24) is 10.3 Å². The number of hydrogen-bond acceptors (Lipinski definition) is 2. The summed E-state index contributed by atoms with van der Waals surface area (Å²) in [5.74, 6) is 0. The molecule has 2 heteroatoms. The lowest BCUT2D eigenvalue weighted by molar-refractivity contribution is 0.380. The van der Waals surface area contributed by atoms with Crippen LogP contribution in [0.5, 0.6) is 0 Å². The van der Waals surface area contributed by atoms with E-state index in [9.17, 15) is 0 Å². The van der Waals surface area contributed by atoms with Crippen molar-refractivity contribution >= 4 is 0 Å². The van der Waals surface area contributed by atoms with Gasteiger partial charge in [-0.1, -0.05) is 13.8 Å². The van der Waals surface area contributed by atoms with Crippen molar-refractivity contribution in [3.63, 3.8) is 0 Å². The van der Waals surface area contributed by atoms with Gasteiger partial charge >= 0.3 is 0 Å². The lowest BCUT2D eigenvalue weighted by atomic mass is 9.76. The Morgan fingerprint density at radius 1 is 1.21 bits per heavy atom. The van der Waals surface area contributed by atoms with E-state index in [-0.39, 0.29) is 5.41 Å². The van der Waals surface area contributed by atoms with Crippen LogP contribution in [0.4, 0.5) is 0 Å². The van der Waals surface area contributed by atoms with Crippen LogP contribution >= 0.6 is 0 Å². The molecule has 2 nitrogen and oxygen atoms in total. The van der Waals surface area contributed by atoms with Gasteiger partial charge in [0.2, 0.25) is 0 Å². The minimum atomic E-state index is 0.275. The van der Waals surface area contributed by atoms with Crippen molar-refractivity contribution in [1.29, 1.82) is 0 Å². The normalized spacial score (nSPS) is 11.6. The summed E-state index contributed by atoms with van der Waals surface area (Å²) in [6.45, 7) is 5.53. The zero-order valence-corrected chi connectivity index (χ0v) is 9.38. The Kier molecular flexibility index (Phi) is 4.08. The summed E-state index contributed by atoms with van der Waals surface area (Å²) in [6, 6.07) is 4.26. The van der Waals surface area contributed by atoms with Gasteiger partial charge in [0.25, 0.3) is 0 Å². The molecule has 14 heavy (non-hydrogen) atoms. The first-order valence-corrected chi connectivity index (χ1v) is 5.34. The van der Waals surface area contributed by atoms with E-state index in [0.717, 1.165) is 19.4 Å². The van der Waals surface area contributed by atoms with Gasteiger partial charge in [-0.25, -0.2) is 0 Å². The number of likely N-dealkylation sites (N-methyl/N-ethyl adjacent to an activating group) is 1. The summed E-state index contributed by atoms with van der Waals surface area (Å²) in [6.07, 6.45) is 6.08. The number of nitrogens with zero attached hydrogens (tertiary/aromatic N) is 1. The van der Waals surface area contributed by atoms with Crippen LogP contribution in [0.1, 0.15) is 32.3 Å².